The number of aliphatic hydroxyl groups is 1. The zero-order valence-electron chi connectivity index (χ0n) is 13.8. The minimum absolute atomic E-state index is 0.228. The third kappa shape index (κ3) is 3.86. The molecule has 0 saturated heterocycles. The Balaban J connectivity index is 2.01. The van der Waals surface area contributed by atoms with Crippen LogP contribution in [0, 0.1) is 18.6 Å². The molecule has 0 fully saturated rings. The van der Waals surface area contributed by atoms with Crippen molar-refractivity contribution in [3.8, 4) is 0 Å². The summed E-state index contributed by atoms with van der Waals surface area (Å²) < 4.78 is 27.9. The minimum Gasteiger partial charge on any atom is -0.387 e. The summed E-state index contributed by atoms with van der Waals surface area (Å²) in [4.78, 5) is 1.97. The van der Waals surface area contributed by atoms with Crippen molar-refractivity contribution in [3.05, 3.63) is 46.7 Å². The van der Waals surface area contributed by atoms with Crippen molar-refractivity contribution >= 4 is 5.82 Å². The van der Waals surface area contributed by atoms with Crippen LogP contribution < -0.4 is 10.2 Å². The number of hydrogen-bond donors (Lipinski definition) is 2. The molecule has 0 radical (unpaired) electrons. The van der Waals surface area contributed by atoms with Gasteiger partial charge >= 0.3 is 0 Å². The molecule has 7 heteroatoms. The largest absolute Gasteiger partial charge is 0.387 e. The van der Waals surface area contributed by atoms with Crippen molar-refractivity contribution < 1.29 is 13.9 Å². The van der Waals surface area contributed by atoms with Crippen LogP contribution in [0.25, 0.3) is 0 Å². The van der Waals surface area contributed by atoms with Crippen molar-refractivity contribution in [1.82, 2.24) is 15.1 Å². The SMILES string of the molecule is Cc1nn(C)c(N(C)C)c1CNCC(O)c1ccc(F)c(F)c1. The number of halogens is 2. The number of rotatable bonds is 6. The average molecular weight is 324 g/mol. The fourth-order valence-corrected chi connectivity index (χ4v) is 2.63. The summed E-state index contributed by atoms with van der Waals surface area (Å²) in [6.07, 6.45) is -0.912. The molecule has 1 unspecified atom stereocenters. The maximum absolute atomic E-state index is 13.2. The summed E-state index contributed by atoms with van der Waals surface area (Å²) in [7, 11) is 5.76. The highest BCUT2D eigenvalue weighted by molar-refractivity contribution is 5.48. The molecule has 2 N–H and O–H groups in total. The monoisotopic (exact) mass is 324 g/mol. The average Bonchev–Trinajstić information content (AvgIpc) is 2.76. The smallest absolute Gasteiger partial charge is 0.159 e. The molecule has 1 aromatic heterocycles. The van der Waals surface area contributed by atoms with Gasteiger partial charge in [0.15, 0.2) is 11.6 Å². The van der Waals surface area contributed by atoms with E-state index in [0.717, 1.165) is 29.2 Å². The van der Waals surface area contributed by atoms with Crippen molar-refractivity contribution in [2.75, 3.05) is 25.5 Å². The molecule has 0 amide bonds. The van der Waals surface area contributed by atoms with Crippen LogP contribution in [-0.4, -0.2) is 35.5 Å². The van der Waals surface area contributed by atoms with Gasteiger partial charge in [-0.3, -0.25) is 4.68 Å². The second-order valence-electron chi connectivity index (χ2n) is 5.73. The number of aliphatic hydroxyl groups excluding tert-OH is 1. The molecule has 1 aromatic carbocycles. The molecular weight excluding hydrogens is 302 g/mol. The number of aromatic nitrogens is 2. The van der Waals surface area contributed by atoms with Crippen LogP contribution in [0.4, 0.5) is 14.6 Å². The fraction of sp³-hybridized carbons (Fsp3) is 0.438. The molecule has 23 heavy (non-hydrogen) atoms. The van der Waals surface area contributed by atoms with Gasteiger partial charge in [0.2, 0.25) is 0 Å². The quantitative estimate of drug-likeness (QED) is 0.852. The molecule has 5 nitrogen and oxygen atoms in total. The third-order valence-corrected chi connectivity index (χ3v) is 3.70. The van der Waals surface area contributed by atoms with Gasteiger partial charge in [-0.25, -0.2) is 8.78 Å². The van der Waals surface area contributed by atoms with E-state index in [2.05, 4.69) is 10.4 Å². The Hall–Kier alpha value is -1.99. The van der Waals surface area contributed by atoms with Crippen LogP contribution in [-0.2, 0) is 13.6 Å². The Morgan fingerprint density at radius 1 is 1.30 bits per heavy atom. The molecule has 0 saturated carbocycles. The van der Waals surface area contributed by atoms with Crippen LogP contribution in [0.2, 0.25) is 0 Å². The summed E-state index contributed by atoms with van der Waals surface area (Å²) in [6, 6.07) is 3.41. The van der Waals surface area contributed by atoms with Crippen LogP contribution in [0.15, 0.2) is 18.2 Å². The van der Waals surface area contributed by atoms with E-state index in [1.807, 2.05) is 33.0 Å². The summed E-state index contributed by atoms with van der Waals surface area (Å²) in [5, 5.41) is 17.6. The number of aryl methyl sites for hydroxylation is 2. The highest BCUT2D eigenvalue weighted by Gasteiger charge is 2.16. The maximum atomic E-state index is 13.2. The first-order chi connectivity index (χ1) is 10.8. The number of hydrogen-bond acceptors (Lipinski definition) is 4. The maximum Gasteiger partial charge on any atom is 0.159 e. The molecule has 0 spiro atoms. The third-order valence-electron chi connectivity index (χ3n) is 3.70. The molecule has 2 rings (SSSR count). The van der Waals surface area contributed by atoms with Gasteiger partial charge in [-0.1, -0.05) is 6.07 Å². The summed E-state index contributed by atoms with van der Waals surface area (Å²) >= 11 is 0. The normalized spacial score (nSPS) is 12.5. The Bertz CT molecular complexity index is 685. The Kier molecular flexibility index (Phi) is 5.33. The molecule has 0 aliphatic carbocycles. The van der Waals surface area contributed by atoms with E-state index in [4.69, 9.17) is 0 Å². The molecule has 1 atom stereocenters. The van der Waals surface area contributed by atoms with Gasteiger partial charge < -0.3 is 15.3 Å². The van der Waals surface area contributed by atoms with E-state index >= 15 is 0 Å². The van der Waals surface area contributed by atoms with Crippen molar-refractivity contribution in [2.24, 2.45) is 7.05 Å². The first kappa shape index (κ1) is 17.4. The van der Waals surface area contributed by atoms with Crippen molar-refractivity contribution in [3.63, 3.8) is 0 Å². The van der Waals surface area contributed by atoms with Gasteiger partial charge in [0.05, 0.1) is 11.8 Å². The fourth-order valence-electron chi connectivity index (χ4n) is 2.63. The first-order valence-electron chi connectivity index (χ1n) is 7.34. The molecular formula is C16H22F2N4O. The lowest BCUT2D eigenvalue weighted by molar-refractivity contribution is 0.173. The lowest BCUT2D eigenvalue weighted by Gasteiger charge is -2.17. The van der Waals surface area contributed by atoms with Gasteiger partial charge in [0, 0.05) is 39.8 Å². The second-order valence-corrected chi connectivity index (χ2v) is 5.73. The lowest BCUT2D eigenvalue weighted by Crippen LogP contribution is -2.23. The number of nitrogens with one attached hydrogen (secondary N) is 1. The molecule has 1 heterocycles. The Morgan fingerprint density at radius 3 is 2.61 bits per heavy atom. The van der Waals surface area contributed by atoms with Crippen LogP contribution >= 0.6 is 0 Å². The predicted octanol–water partition coefficient (Wildman–Crippen LogP) is 1.90. The van der Waals surface area contributed by atoms with Gasteiger partial charge in [0.25, 0.3) is 0 Å². The van der Waals surface area contributed by atoms with Gasteiger partial charge in [-0.2, -0.15) is 5.10 Å². The highest BCUT2D eigenvalue weighted by atomic mass is 19.2. The minimum atomic E-state index is -0.959. The zero-order valence-corrected chi connectivity index (χ0v) is 13.8. The van der Waals surface area contributed by atoms with E-state index in [1.54, 1.807) is 4.68 Å². The summed E-state index contributed by atoms with van der Waals surface area (Å²) in [5.74, 6) is -0.896. The number of benzene rings is 1. The van der Waals surface area contributed by atoms with Crippen molar-refractivity contribution in [1.29, 1.82) is 0 Å². The second kappa shape index (κ2) is 7.06. The van der Waals surface area contributed by atoms with Gasteiger partial charge in [0.1, 0.15) is 5.82 Å². The molecule has 0 aliphatic heterocycles. The van der Waals surface area contributed by atoms with E-state index in [0.29, 0.717) is 12.1 Å². The van der Waals surface area contributed by atoms with Crippen LogP contribution in [0.5, 0.6) is 0 Å². The van der Waals surface area contributed by atoms with Gasteiger partial charge in [-0.05, 0) is 24.6 Å². The van der Waals surface area contributed by atoms with E-state index in [9.17, 15) is 13.9 Å². The van der Waals surface area contributed by atoms with E-state index in [-0.39, 0.29) is 6.54 Å². The van der Waals surface area contributed by atoms with Crippen molar-refractivity contribution in [2.45, 2.75) is 19.6 Å². The molecule has 0 aliphatic rings. The molecule has 126 valence electrons. The Morgan fingerprint density at radius 2 is 2.00 bits per heavy atom. The van der Waals surface area contributed by atoms with Gasteiger partial charge in [-0.15, -0.1) is 0 Å². The number of anilines is 1. The first-order valence-corrected chi connectivity index (χ1v) is 7.34. The summed E-state index contributed by atoms with van der Waals surface area (Å²) in [5.41, 5.74) is 2.29. The molecule has 2 aromatic rings. The molecule has 0 bridgehead atoms. The van der Waals surface area contributed by atoms with Crippen LogP contribution in [0.3, 0.4) is 0 Å². The van der Waals surface area contributed by atoms with Crippen LogP contribution in [0.1, 0.15) is 22.9 Å². The standard InChI is InChI=1S/C16H22F2N4O/c1-10-12(16(21(2)3)22(4)20-10)8-19-9-15(23)11-5-6-13(17)14(18)7-11/h5-7,15,19,23H,8-9H2,1-4H3. The Labute approximate surface area is 134 Å². The van der Waals surface area contributed by atoms with E-state index in [1.165, 1.54) is 6.07 Å². The lowest BCUT2D eigenvalue weighted by atomic mass is 10.1. The number of nitrogens with zero attached hydrogens (tertiary/aromatic N) is 3. The predicted molar refractivity (Wildman–Crippen MR) is 85.3 cm³/mol. The summed E-state index contributed by atoms with van der Waals surface area (Å²) in [6.45, 7) is 2.68. The van der Waals surface area contributed by atoms with E-state index < -0.39 is 17.7 Å². The topological polar surface area (TPSA) is 53.3 Å². The highest BCUT2D eigenvalue weighted by Crippen LogP contribution is 2.21. The zero-order chi connectivity index (χ0) is 17.1.